The molecule has 0 amide bonds. The summed E-state index contributed by atoms with van der Waals surface area (Å²) in [5, 5.41) is 0. The molecule has 4 unspecified atom stereocenters. The highest BCUT2D eigenvalue weighted by Gasteiger charge is 2.69. The van der Waals surface area contributed by atoms with Crippen LogP contribution in [-0.2, 0) is 19.1 Å². The monoisotopic (exact) mass is 366 g/mol. The van der Waals surface area contributed by atoms with Crippen LogP contribution in [0.4, 0.5) is 0 Å². The normalized spacial score (nSPS) is 35.4. The number of hydrogen-bond donors (Lipinski definition) is 0. The van der Waals surface area contributed by atoms with Gasteiger partial charge in [0.25, 0.3) is 0 Å². The minimum absolute atomic E-state index is 0.0439. The highest BCUT2D eigenvalue weighted by molar-refractivity contribution is 5.89. The summed E-state index contributed by atoms with van der Waals surface area (Å²) in [6.07, 6.45) is 3.11. The Balaban J connectivity index is 2.22. The molecule has 0 heterocycles. The second-order valence-electron chi connectivity index (χ2n) is 7.90. The third-order valence-electron chi connectivity index (χ3n) is 6.68. The van der Waals surface area contributed by atoms with Crippen molar-refractivity contribution in [2.45, 2.75) is 32.3 Å². The second-order valence-corrected chi connectivity index (χ2v) is 7.90. The van der Waals surface area contributed by atoms with Crippen molar-refractivity contribution in [3.8, 4) is 0 Å². The molecule has 4 atom stereocenters. The van der Waals surface area contributed by atoms with Crippen molar-refractivity contribution in [3.63, 3.8) is 0 Å². The van der Waals surface area contributed by atoms with E-state index in [9.17, 15) is 9.59 Å². The fraction of sp³-hybridized carbons (Fsp3) is 0.391. The van der Waals surface area contributed by atoms with Gasteiger partial charge in [-0.1, -0.05) is 45.9 Å². The summed E-state index contributed by atoms with van der Waals surface area (Å²) < 4.78 is 10.8. The number of ether oxygens (including phenoxy) is 2. The summed E-state index contributed by atoms with van der Waals surface area (Å²) in [4.78, 5) is 24.8. The fourth-order valence-electron chi connectivity index (χ4n) is 5.19. The standard InChI is InChI=1S/C23H26O4/c1-12-11-19-20-16(5)14(3)13(2)15(4)18(20)9-10-22(19,7)23(12,21(25)26-8)27-17(6)24/h9,19-20H,1-5,10-11H2,6-8H3. The molecule has 3 aliphatic rings. The Morgan fingerprint density at radius 1 is 1.11 bits per heavy atom. The van der Waals surface area contributed by atoms with Gasteiger partial charge in [-0.2, -0.15) is 0 Å². The van der Waals surface area contributed by atoms with Gasteiger partial charge in [-0.05, 0) is 52.2 Å². The lowest BCUT2D eigenvalue weighted by Gasteiger charge is -2.50. The first-order chi connectivity index (χ1) is 12.5. The molecule has 3 rings (SSSR count). The number of methoxy groups -OCH3 is 1. The van der Waals surface area contributed by atoms with E-state index in [1.54, 1.807) is 0 Å². The third-order valence-corrected chi connectivity index (χ3v) is 6.68. The quantitative estimate of drug-likeness (QED) is 0.542. The maximum Gasteiger partial charge on any atom is 0.355 e. The van der Waals surface area contributed by atoms with Crippen molar-refractivity contribution in [2.24, 2.45) is 17.3 Å². The molecule has 0 spiro atoms. The average molecular weight is 366 g/mol. The molecule has 0 radical (unpaired) electrons. The lowest BCUT2D eigenvalue weighted by Crippen LogP contribution is -2.57. The maximum atomic E-state index is 12.9. The van der Waals surface area contributed by atoms with E-state index >= 15 is 0 Å². The van der Waals surface area contributed by atoms with Crippen molar-refractivity contribution in [2.75, 3.05) is 7.11 Å². The number of allylic oxidation sites excluding steroid dienone is 6. The molecule has 0 aromatic heterocycles. The van der Waals surface area contributed by atoms with Crippen LogP contribution < -0.4 is 0 Å². The number of esters is 2. The summed E-state index contributed by atoms with van der Waals surface area (Å²) >= 11 is 0. The van der Waals surface area contributed by atoms with E-state index in [0.29, 0.717) is 18.4 Å². The lowest BCUT2D eigenvalue weighted by atomic mass is 9.55. The van der Waals surface area contributed by atoms with Gasteiger partial charge in [-0.25, -0.2) is 4.79 Å². The Labute approximate surface area is 160 Å². The van der Waals surface area contributed by atoms with Crippen LogP contribution in [0, 0.1) is 17.3 Å². The maximum absolute atomic E-state index is 12.9. The molecule has 0 bridgehead atoms. The Hall–Kier alpha value is -2.62. The van der Waals surface area contributed by atoms with Crippen molar-refractivity contribution in [1.82, 2.24) is 0 Å². The van der Waals surface area contributed by atoms with Gasteiger partial charge >= 0.3 is 11.9 Å². The predicted octanol–water partition coefficient (Wildman–Crippen LogP) is 4.23. The van der Waals surface area contributed by atoms with Gasteiger partial charge < -0.3 is 9.47 Å². The molecule has 142 valence electrons. The van der Waals surface area contributed by atoms with Crippen LogP contribution in [0.1, 0.15) is 26.7 Å². The van der Waals surface area contributed by atoms with Crippen molar-refractivity contribution in [3.05, 3.63) is 72.4 Å². The molecular formula is C23H26O4. The summed E-state index contributed by atoms with van der Waals surface area (Å²) in [7, 11) is 1.30. The minimum Gasteiger partial charge on any atom is -0.466 e. The van der Waals surface area contributed by atoms with Crippen LogP contribution in [0.5, 0.6) is 0 Å². The van der Waals surface area contributed by atoms with E-state index in [1.165, 1.54) is 14.0 Å². The van der Waals surface area contributed by atoms with Gasteiger partial charge in [0.15, 0.2) is 0 Å². The first kappa shape index (κ1) is 19.2. The lowest BCUT2D eigenvalue weighted by molar-refractivity contribution is -0.189. The number of fused-ring (bicyclic) bond motifs is 3. The van der Waals surface area contributed by atoms with Crippen LogP contribution in [0.2, 0.25) is 0 Å². The molecule has 0 aromatic carbocycles. The topological polar surface area (TPSA) is 52.6 Å². The smallest absolute Gasteiger partial charge is 0.355 e. The van der Waals surface area contributed by atoms with Crippen LogP contribution in [0.15, 0.2) is 72.4 Å². The van der Waals surface area contributed by atoms with E-state index < -0.39 is 23.0 Å². The van der Waals surface area contributed by atoms with Crippen molar-refractivity contribution >= 4 is 11.9 Å². The van der Waals surface area contributed by atoms with Crippen LogP contribution in [-0.4, -0.2) is 24.6 Å². The Kier molecular flexibility index (Phi) is 4.22. The largest absolute Gasteiger partial charge is 0.466 e. The van der Waals surface area contributed by atoms with Gasteiger partial charge in [-0.3, -0.25) is 4.79 Å². The van der Waals surface area contributed by atoms with Gasteiger partial charge in [0.1, 0.15) is 0 Å². The number of carbonyl (C=O) groups is 2. The van der Waals surface area contributed by atoms with E-state index in [-0.39, 0.29) is 11.8 Å². The van der Waals surface area contributed by atoms with Crippen LogP contribution in [0.25, 0.3) is 0 Å². The van der Waals surface area contributed by atoms with Gasteiger partial charge in [0, 0.05) is 18.3 Å². The second kappa shape index (κ2) is 5.95. The van der Waals surface area contributed by atoms with E-state index in [0.717, 1.165) is 27.9 Å². The van der Waals surface area contributed by atoms with Crippen molar-refractivity contribution in [1.29, 1.82) is 0 Å². The summed E-state index contributed by atoms with van der Waals surface area (Å²) in [6, 6.07) is 0. The Morgan fingerprint density at radius 3 is 2.30 bits per heavy atom. The third kappa shape index (κ3) is 2.22. The number of rotatable bonds is 2. The highest BCUT2D eigenvalue weighted by atomic mass is 16.6. The molecule has 2 saturated carbocycles. The average Bonchev–Trinajstić information content (AvgIpc) is 2.84. The first-order valence-corrected chi connectivity index (χ1v) is 8.96. The molecule has 27 heavy (non-hydrogen) atoms. The van der Waals surface area contributed by atoms with Gasteiger partial charge in [0.2, 0.25) is 5.60 Å². The summed E-state index contributed by atoms with van der Waals surface area (Å²) in [5.41, 5.74) is 2.69. The predicted molar refractivity (Wildman–Crippen MR) is 105 cm³/mol. The van der Waals surface area contributed by atoms with Crippen molar-refractivity contribution < 1.29 is 19.1 Å². The number of hydrogen-bond acceptors (Lipinski definition) is 4. The zero-order valence-electron chi connectivity index (χ0n) is 16.3. The zero-order valence-corrected chi connectivity index (χ0v) is 16.3. The molecule has 0 aromatic rings. The molecule has 2 fully saturated rings. The molecule has 0 saturated heterocycles. The SMILES string of the molecule is C=C1C(=C)C(=C)C2C(=CCC3(C)C2CC(=C)C3(OC(C)=O)C(=O)OC)C1=C. The fourth-order valence-corrected chi connectivity index (χ4v) is 5.19. The summed E-state index contributed by atoms with van der Waals surface area (Å²) in [5.74, 6) is -1.25. The highest BCUT2D eigenvalue weighted by Crippen LogP contribution is 2.66. The number of carbonyl (C=O) groups excluding carboxylic acids is 2. The molecule has 0 aliphatic heterocycles. The molecule has 4 nitrogen and oxygen atoms in total. The van der Waals surface area contributed by atoms with E-state index in [2.05, 4.69) is 39.0 Å². The van der Waals surface area contributed by atoms with Gasteiger partial charge in [-0.15, -0.1) is 0 Å². The molecular weight excluding hydrogens is 340 g/mol. The molecule has 0 N–H and O–H groups in total. The Bertz CT molecular complexity index is 871. The molecule has 4 heteroatoms. The Morgan fingerprint density at radius 2 is 1.74 bits per heavy atom. The zero-order chi connectivity index (χ0) is 20.3. The summed E-state index contributed by atoms with van der Waals surface area (Å²) in [6.45, 7) is 24.0. The van der Waals surface area contributed by atoms with Gasteiger partial charge in [0.05, 0.1) is 7.11 Å². The van der Waals surface area contributed by atoms with Crippen LogP contribution >= 0.6 is 0 Å². The van der Waals surface area contributed by atoms with E-state index in [1.807, 2.05) is 6.92 Å². The van der Waals surface area contributed by atoms with E-state index in [4.69, 9.17) is 9.47 Å². The minimum atomic E-state index is -1.52. The first-order valence-electron chi connectivity index (χ1n) is 8.96. The molecule has 3 aliphatic carbocycles. The van der Waals surface area contributed by atoms with Crippen LogP contribution in [0.3, 0.4) is 0 Å².